The first-order chi connectivity index (χ1) is 8.76. The molecule has 0 aromatic heterocycles. The van der Waals surface area contributed by atoms with Gasteiger partial charge in [0.25, 0.3) is 0 Å². The van der Waals surface area contributed by atoms with Crippen LogP contribution in [0.4, 0.5) is 0 Å². The van der Waals surface area contributed by atoms with Gasteiger partial charge in [0.2, 0.25) is 10.0 Å². The summed E-state index contributed by atoms with van der Waals surface area (Å²) in [5.74, 6) is 0.503. The lowest BCUT2D eigenvalue weighted by Crippen LogP contribution is -2.33. The van der Waals surface area contributed by atoms with E-state index in [9.17, 15) is 8.42 Å². The lowest BCUT2D eigenvalue weighted by molar-refractivity contribution is 0.445. The first kappa shape index (κ1) is 17.1. The molecule has 3 nitrogen and oxygen atoms in total. The Labute approximate surface area is 132 Å². The van der Waals surface area contributed by atoms with Crippen LogP contribution in [0.2, 0.25) is 0 Å². The van der Waals surface area contributed by atoms with Gasteiger partial charge in [0.05, 0.1) is 4.90 Å². The number of sulfonamides is 1. The van der Waals surface area contributed by atoms with Gasteiger partial charge >= 0.3 is 0 Å². The molecule has 108 valence electrons. The van der Waals surface area contributed by atoms with Crippen LogP contribution in [0.25, 0.3) is 0 Å². The van der Waals surface area contributed by atoms with Gasteiger partial charge < -0.3 is 0 Å². The molecule has 0 amide bonds. The first-order valence-corrected chi connectivity index (χ1v) is 9.30. The van der Waals surface area contributed by atoms with E-state index in [2.05, 4.69) is 50.4 Å². The zero-order valence-corrected chi connectivity index (χ0v) is 15.3. The summed E-state index contributed by atoms with van der Waals surface area (Å²) in [5.41, 5.74) is 0. The van der Waals surface area contributed by atoms with Gasteiger partial charge in [-0.25, -0.2) is 13.1 Å². The number of halogens is 2. The molecule has 0 aliphatic heterocycles. The molecule has 0 radical (unpaired) electrons. The van der Waals surface area contributed by atoms with Gasteiger partial charge in [-0.2, -0.15) is 0 Å². The van der Waals surface area contributed by atoms with Crippen molar-refractivity contribution in [2.45, 2.75) is 44.6 Å². The second-order valence-electron chi connectivity index (χ2n) is 4.85. The maximum atomic E-state index is 12.3. The summed E-state index contributed by atoms with van der Waals surface area (Å²) in [5, 5.41) is 0. The van der Waals surface area contributed by atoms with Gasteiger partial charge in [-0.15, -0.1) is 0 Å². The van der Waals surface area contributed by atoms with E-state index in [1.807, 2.05) is 6.92 Å². The van der Waals surface area contributed by atoms with E-state index in [4.69, 9.17) is 0 Å². The Kier molecular flexibility index (Phi) is 6.50. The monoisotopic (exact) mass is 411 g/mol. The average Bonchev–Trinajstić information content (AvgIpc) is 2.31. The third-order valence-electron chi connectivity index (χ3n) is 2.99. The van der Waals surface area contributed by atoms with Crippen LogP contribution in [0.5, 0.6) is 0 Å². The fourth-order valence-electron chi connectivity index (χ4n) is 1.83. The first-order valence-electron chi connectivity index (χ1n) is 6.23. The van der Waals surface area contributed by atoms with Crippen LogP contribution in [-0.2, 0) is 10.0 Å². The van der Waals surface area contributed by atoms with Gasteiger partial charge in [0.15, 0.2) is 0 Å². The molecule has 0 aliphatic carbocycles. The normalized spacial score (nSPS) is 15.2. The molecule has 2 unspecified atom stereocenters. The molecule has 2 atom stereocenters. The number of benzene rings is 1. The molecule has 1 rings (SSSR count). The third kappa shape index (κ3) is 5.17. The van der Waals surface area contributed by atoms with Crippen LogP contribution >= 0.6 is 31.9 Å². The zero-order chi connectivity index (χ0) is 14.6. The van der Waals surface area contributed by atoms with Crippen molar-refractivity contribution in [3.8, 4) is 0 Å². The number of hydrogen-bond acceptors (Lipinski definition) is 2. The molecule has 0 saturated heterocycles. The van der Waals surface area contributed by atoms with Gasteiger partial charge in [-0.05, 0) is 53.4 Å². The summed E-state index contributed by atoms with van der Waals surface area (Å²) in [6.45, 7) is 6.13. The van der Waals surface area contributed by atoms with Crippen LogP contribution < -0.4 is 4.72 Å². The molecule has 6 heteroatoms. The van der Waals surface area contributed by atoms with Crippen LogP contribution in [0, 0.1) is 5.92 Å². The molecule has 0 spiro atoms. The molecule has 0 heterocycles. The van der Waals surface area contributed by atoms with Crippen molar-refractivity contribution in [1.82, 2.24) is 4.72 Å². The highest BCUT2D eigenvalue weighted by atomic mass is 79.9. The topological polar surface area (TPSA) is 46.2 Å². The van der Waals surface area contributed by atoms with Crippen molar-refractivity contribution in [3.63, 3.8) is 0 Å². The van der Waals surface area contributed by atoms with E-state index in [-0.39, 0.29) is 10.9 Å². The molecular weight excluding hydrogens is 394 g/mol. The Balaban J connectivity index is 2.89. The molecule has 0 bridgehead atoms. The van der Waals surface area contributed by atoms with Crippen LogP contribution in [-0.4, -0.2) is 14.5 Å². The summed E-state index contributed by atoms with van der Waals surface area (Å²) in [6, 6.07) is 5.04. The Hall–Kier alpha value is 0.0900. The van der Waals surface area contributed by atoms with Gasteiger partial charge in [-0.3, -0.25) is 0 Å². The SMILES string of the molecule is CCC(C)CC(C)NS(=O)(=O)c1cc(Br)ccc1Br. The summed E-state index contributed by atoms with van der Waals surface area (Å²) < 4.78 is 28.7. The van der Waals surface area contributed by atoms with Crippen molar-refractivity contribution >= 4 is 41.9 Å². The number of rotatable bonds is 6. The Morgan fingerprint density at radius 2 is 1.89 bits per heavy atom. The molecule has 0 fully saturated rings. The van der Waals surface area contributed by atoms with Gasteiger partial charge in [-0.1, -0.05) is 36.2 Å². The Morgan fingerprint density at radius 1 is 1.26 bits per heavy atom. The average molecular weight is 413 g/mol. The molecule has 0 saturated carbocycles. The van der Waals surface area contributed by atoms with Crippen LogP contribution in [0.15, 0.2) is 32.0 Å². The van der Waals surface area contributed by atoms with Crippen molar-refractivity contribution < 1.29 is 8.42 Å². The van der Waals surface area contributed by atoms with E-state index in [1.165, 1.54) is 0 Å². The molecule has 1 aromatic rings. The molecule has 0 aliphatic rings. The molecule has 19 heavy (non-hydrogen) atoms. The Bertz CT molecular complexity index is 531. The van der Waals surface area contributed by atoms with Crippen LogP contribution in [0.1, 0.15) is 33.6 Å². The molecule has 1 aromatic carbocycles. The number of nitrogens with one attached hydrogen (secondary N) is 1. The predicted molar refractivity (Wildman–Crippen MR) is 85.7 cm³/mol. The zero-order valence-electron chi connectivity index (χ0n) is 11.3. The maximum absolute atomic E-state index is 12.3. The fraction of sp³-hybridized carbons (Fsp3) is 0.538. The minimum absolute atomic E-state index is 0.0779. The smallest absolute Gasteiger partial charge is 0.208 e. The van der Waals surface area contributed by atoms with Crippen molar-refractivity contribution in [2.24, 2.45) is 5.92 Å². The van der Waals surface area contributed by atoms with Crippen molar-refractivity contribution in [2.75, 3.05) is 0 Å². The van der Waals surface area contributed by atoms with E-state index in [0.29, 0.717) is 10.4 Å². The minimum atomic E-state index is -3.49. The summed E-state index contributed by atoms with van der Waals surface area (Å²) in [6.07, 6.45) is 1.88. The van der Waals surface area contributed by atoms with E-state index in [1.54, 1.807) is 18.2 Å². The van der Waals surface area contributed by atoms with Gasteiger partial charge in [0, 0.05) is 15.0 Å². The highest BCUT2D eigenvalue weighted by Crippen LogP contribution is 2.26. The van der Waals surface area contributed by atoms with Crippen molar-refractivity contribution in [3.05, 3.63) is 27.1 Å². The second kappa shape index (κ2) is 7.20. The van der Waals surface area contributed by atoms with E-state index >= 15 is 0 Å². The summed E-state index contributed by atoms with van der Waals surface area (Å²) in [4.78, 5) is 0.262. The minimum Gasteiger partial charge on any atom is -0.208 e. The van der Waals surface area contributed by atoms with Gasteiger partial charge in [0.1, 0.15) is 0 Å². The van der Waals surface area contributed by atoms with E-state index in [0.717, 1.165) is 17.3 Å². The summed E-state index contributed by atoms with van der Waals surface area (Å²) >= 11 is 6.57. The lowest BCUT2D eigenvalue weighted by Gasteiger charge is -2.18. The highest BCUT2D eigenvalue weighted by Gasteiger charge is 2.21. The Morgan fingerprint density at radius 3 is 2.47 bits per heavy atom. The fourth-order valence-corrected chi connectivity index (χ4v) is 4.59. The number of hydrogen-bond donors (Lipinski definition) is 1. The third-order valence-corrected chi connectivity index (χ3v) is 6.07. The van der Waals surface area contributed by atoms with Crippen molar-refractivity contribution in [1.29, 1.82) is 0 Å². The quantitative estimate of drug-likeness (QED) is 0.756. The lowest BCUT2D eigenvalue weighted by atomic mass is 10.0. The highest BCUT2D eigenvalue weighted by molar-refractivity contribution is 9.11. The largest absolute Gasteiger partial charge is 0.241 e. The predicted octanol–water partition coefficient (Wildman–Crippen LogP) is 4.31. The second-order valence-corrected chi connectivity index (χ2v) is 8.30. The van der Waals surface area contributed by atoms with E-state index < -0.39 is 10.0 Å². The molecule has 1 N–H and O–H groups in total. The standard InChI is InChI=1S/C13H19Br2NO2S/c1-4-9(2)7-10(3)16-19(17,18)13-8-11(14)5-6-12(13)15/h5-6,8-10,16H,4,7H2,1-3H3. The van der Waals surface area contributed by atoms with Crippen LogP contribution in [0.3, 0.4) is 0 Å². The summed E-state index contributed by atoms with van der Waals surface area (Å²) in [7, 11) is -3.49. The molecular formula is C13H19Br2NO2S. The maximum Gasteiger partial charge on any atom is 0.241 e.